The minimum absolute atomic E-state index is 0.193. The van der Waals surface area contributed by atoms with Crippen LogP contribution < -0.4 is 0 Å². The van der Waals surface area contributed by atoms with Gasteiger partial charge in [0.1, 0.15) is 0 Å². The molecular weight excluding hydrogens is 270 g/mol. The minimum Gasteiger partial charge on any atom is -0.337 e. The van der Waals surface area contributed by atoms with Crippen molar-refractivity contribution in [2.75, 3.05) is 6.54 Å². The molecule has 1 amide bonds. The van der Waals surface area contributed by atoms with Crippen molar-refractivity contribution in [2.45, 2.75) is 26.7 Å². The SMILES string of the molecule is CC1(C)C[CH]N(C(=O)Cc2ccc(-c3ccccc3)cc2)C1. The van der Waals surface area contributed by atoms with Gasteiger partial charge in [-0.15, -0.1) is 0 Å². The van der Waals surface area contributed by atoms with Gasteiger partial charge in [0.25, 0.3) is 0 Å². The fraction of sp³-hybridized carbons (Fsp3) is 0.300. The van der Waals surface area contributed by atoms with Gasteiger partial charge in [-0.2, -0.15) is 0 Å². The lowest BCUT2D eigenvalue weighted by molar-refractivity contribution is -0.128. The van der Waals surface area contributed by atoms with Crippen LogP contribution in [0.25, 0.3) is 11.1 Å². The molecule has 1 fully saturated rings. The van der Waals surface area contributed by atoms with E-state index in [1.165, 1.54) is 11.1 Å². The van der Waals surface area contributed by atoms with Gasteiger partial charge in [0, 0.05) is 6.54 Å². The first-order valence-corrected chi connectivity index (χ1v) is 7.81. The highest BCUT2D eigenvalue weighted by Crippen LogP contribution is 2.31. The highest BCUT2D eigenvalue weighted by atomic mass is 16.2. The maximum Gasteiger partial charge on any atom is 0.227 e. The molecule has 2 nitrogen and oxygen atoms in total. The lowest BCUT2D eigenvalue weighted by atomic mass is 9.93. The van der Waals surface area contributed by atoms with Gasteiger partial charge in [-0.05, 0) is 28.5 Å². The van der Waals surface area contributed by atoms with E-state index in [4.69, 9.17) is 0 Å². The van der Waals surface area contributed by atoms with Crippen LogP contribution in [0.4, 0.5) is 0 Å². The van der Waals surface area contributed by atoms with Gasteiger partial charge < -0.3 is 4.90 Å². The third-order valence-corrected chi connectivity index (χ3v) is 4.20. The molecule has 1 heterocycles. The van der Waals surface area contributed by atoms with Crippen LogP contribution in [0.3, 0.4) is 0 Å². The second kappa shape index (κ2) is 5.96. The number of carbonyl (C=O) groups is 1. The standard InChI is InChI=1S/C20H22NO/c1-20(2)12-13-21(15-20)19(22)14-16-8-10-18(11-9-16)17-6-4-3-5-7-17/h3-11,13H,12,14-15H2,1-2H3. The molecule has 0 saturated carbocycles. The van der Waals surface area contributed by atoms with Gasteiger partial charge in [0.05, 0.1) is 13.0 Å². The highest BCUT2D eigenvalue weighted by molar-refractivity contribution is 5.80. The first-order chi connectivity index (χ1) is 10.5. The highest BCUT2D eigenvalue weighted by Gasteiger charge is 2.32. The monoisotopic (exact) mass is 292 g/mol. The van der Waals surface area contributed by atoms with Crippen molar-refractivity contribution >= 4 is 5.91 Å². The Labute approximate surface area is 132 Å². The number of carbonyl (C=O) groups excluding carboxylic acids is 1. The van der Waals surface area contributed by atoms with Crippen LogP contribution in [0, 0.1) is 12.0 Å². The summed E-state index contributed by atoms with van der Waals surface area (Å²) in [5.74, 6) is 0.193. The molecule has 1 aliphatic heterocycles. The molecule has 1 aliphatic rings. The van der Waals surface area contributed by atoms with Gasteiger partial charge in [-0.1, -0.05) is 68.4 Å². The Morgan fingerprint density at radius 2 is 1.64 bits per heavy atom. The van der Waals surface area contributed by atoms with Gasteiger partial charge >= 0.3 is 0 Å². The molecule has 0 N–H and O–H groups in total. The fourth-order valence-corrected chi connectivity index (χ4v) is 2.86. The van der Waals surface area contributed by atoms with E-state index in [0.717, 1.165) is 18.5 Å². The van der Waals surface area contributed by atoms with E-state index < -0.39 is 0 Å². The minimum atomic E-state index is 0.193. The van der Waals surface area contributed by atoms with Crippen molar-refractivity contribution in [1.29, 1.82) is 0 Å². The van der Waals surface area contributed by atoms with Crippen LogP contribution in [0.1, 0.15) is 25.8 Å². The predicted molar refractivity (Wildman–Crippen MR) is 90.0 cm³/mol. The molecule has 1 radical (unpaired) electrons. The summed E-state index contributed by atoms with van der Waals surface area (Å²) in [7, 11) is 0. The van der Waals surface area contributed by atoms with Crippen LogP contribution >= 0.6 is 0 Å². The normalized spacial score (nSPS) is 16.7. The maximum atomic E-state index is 12.4. The van der Waals surface area contributed by atoms with Crippen molar-refractivity contribution in [2.24, 2.45) is 5.41 Å². The molecule has 0 bridgehead atoms. The van der Waals surface area contributed by atoms with Crippen molar-refractivity contribution in [3.63, 3.8) is 0 Å². The van der Waals surface area contributed by atoms with Crippen molar-refractivity contribution in [3.8, 4) is 11.1 Å². The topological polar surface area (TPSA) is 20.3 Å². The quantitative estimate of drug-likeness (QED) is 0.825. The first kappa shape index (κ1) is 14.8. The molecule has 113 valence electrons. The number of hydrogen-bond donors (Lipinski definition) is 0. The number of amides is 1. The molecule has 2 aromatic rings. The maximum absolute atomic E-state index is 12.4. The van der Waals surface area contributed by atoms with Crippen LogP contribution in [0.5, 0.6) is 0 Å². The molecule has 0 spiro atoms. The third kappa shape index (κ3) is 3.38. The molecule has 3 rings (SSSR count). The second-order valence-electron chi connectivity index (χ2n) is 6.81. The summed E-state index contributed by atoms with van der Waals surface area (Å²) in [4.78, 5) is 14.2. The number of benzene rings is 2. The molecule has 1 saturated heterocycles. The molecule has 2 aromatic carbocycles. The Bertz CT molecular complexity index is 643. The summed E-state index contributed by atoms with van der Waals surface area (Å²) < 4.78 is 0. The van der Waals surface area contributed by atoms with E-state index in [1.807, 2.05) is 29.6 Å². The third-order valence-electron chi connectivity index (χ3n) is 4.20. The summed E-state index contributed by atoms with van der Waals surface area (Å²) in [6.45, 7) is 7.27. The van der Waals surface area contributed by atoms with Gasteiger partial charge in [0.2, 0.25) is 5.91 Å². The Morgan fingerprint density at radius 3 is 2.23 bits per heavy atom. The van der Waals surface area contributed by atoms with E-state index in [9.17, 15) is 4.79 Å². The number of rotatable bonds is 3. The van der Waals surface area contributed by atoms with Gasteiger partial charge in [-0.3, -0.25) is 4.79 Å². The number of likely N-dealkylation sites (tertiary alicyclic amines) is 1. The zero-order chi connectivity index (χ0) is 15.6. The van der Waals surface area contributed by atoms with E-state index >= 15 is 0 Å². The van der Waals surface area contributed by atoms with E-state index in [0.29, 0.717) is 6.42 Å². The molecule has 0 aliphatic carbocycles. The number of hydrogen-bond acceptors (Lipinski definition) is 1. The van der Waals surface area contributed by atoms with Crippen LogP contribution in [0.15, 0.2) is 54.6 Å². The van der Waals surface area contributed by atoms with Crippen LogP contribution in [-0.4, -0.2) is 17.4 Å². The molecule has 0 unspecified atom stereocenters. The Balaban J connectivity index is 1.65. The van der Waals surface area contributed by atoms with E-state index in [-0.39, 0.29) is 11.3 Å². The molecular formula is C20H22NO. The number of nitrogens with zero attached hydrogens (tertiary/aromatic N) is 1. The van der Waals surface area contributed by atoms with Gasteiger partial charge in [0.15, 0.2) is 0 Å². The lowest BCUT2D eigenvalue weighted by Gasteiger charge is -2.19. The zero-order valence-corrected chi connectivity index (χ0v) is 13.3. The summed E-state index contributed by atoms with van der Waals surface area (Å²) in [5, 5.41) is 0. The zero-order valence-electron chi connectivity index (χ0n) is 13.3. The van der Waals surface area contributed by atoms with Crippen molar-refractivity contribution < 1.29 is 4.79 Å². The summed E-state index contributed by atoms with van der Waals surface area (Å²) in [6, 6.07) is 18.6. The summed E-state index contributed by atoms with van der Waals surface area (Å²) >= 11 is 0. The average Bonchev–Trinajstić information content (AvgIpc) is 2.89. The van der Waals surface area contributed by atoms with E-state index in [2.05, 4.69) is 50.2 Å². The average molecular weight is 292 g/mol. The molecule has 2 heteroatoms. The Hall–Kier alpha value is -2.09. The predicted octanol–water partition coefficient (Wildman–Crippen LogP) is 4.32. The Kier molecular flexibility index (Phi) is 4.02. The van der Waals surface area contributed by atoms with Crippen molar-refractivity contribution in [1.82, 2.24) is 4.90 Å². The lowest BCUT2D eigenvalue weighted by Crippen LogP contribution is -2.29. The van der Waals surface area contributed by atoms with Crippen molar-refractivity contribution in [3.05, 3.63) is 66.7 Å². The van der Waals surface area contributed by atoms with E-state index in [1.54, 1.807) is 0 Å². The molecule has 0 aromatic heterocycles. The van der Waals surface area contributed by atoms with Gasteiger partial charge in [-0.25, -0.2) is 0 Å². The van der Waals surface area contributed by atoms with Crippen LogP contribution in [0.2, 0.25) is 0 Å². The summed E-state index contributed by atoms with van der Waals surface area (Å²) in [6.07, 6.45) is 1.45. The Morgan fingerprint density at radius 1 is 1.00 bits per heavy atom. The largest absolute Gasteiger partial charge is 0.337 e. The first-order valence-electron chi connectivity index (χ1n) is 7.81. The molecule has 22 heavy (non-hydrogen) atoms. The summed E-state index contributed by atoms with van der Waals surface area (Å²) in [5.41, 5.74) is 3.68. The smallest absolute Gasteiger partial charge is 0.227 e. The second-order valence-corrected chi connectivity index (χ2v) is 6.81. The molecule has 0 atom stereocenters. The fourth-order valence-electron chi connectivity index (χ4n) is 2.86. The van der Waals surface area contributed by atoms with Crippen LogP contribution in [-0.2, 0) is 11.2 Å².